The van der Waals surface area contributed by atoms with Crippen LogP contribution in [0.4, 0.5) is 0 Å². The molecule has 1 aliphatic heterocycles. The molecule has 2 aliphatic rings. The van der Waals surface area contributed by atoms with E-state index in [1.807, 2.05) is 26.8 Å². The molecular weight excluding hydrogens is 304 g/mol. The number of esters is 1. The van der Waals surface area contributed by atoms with Gasteiger partial charge < -0.3 is 14.9 Å². The minimum atomic E-state index is -1.06. The van der Waals surface area contributed by atoms with E-state index in [0.29, 0.717) is 31.3 Å². The summed E-state index contributed by atoms with van der Waals surface area (Å²) in [4.78, 5) is 12.0. The van der Waals surface area contributed by atoms with Gasteiger partial charge in [-0.25, -0.2) is 4.79 Å². The Balaban J connectivity index is 2.30. The van der Waals surface area contributed by atoms with E-state index >= 15 is 0 Å². The third-order valence-corrected chi connectivity index (χ3v) is 5.10. The van der Waals surface area contributed by atoms with Crippen molar-refractivity contribution in [1.82, 2.24) is 0 Å². The summed E-state index contributed by atoms with van der Waals surface area (Å²) in [5, 5.41) is 21.5. The largest absolute Gasteiger partial charge is 0.454 e. The maximum atomic E-state index is 12.0. The second kappa shape index (κ2) is 7.24. The Kier molecular flexibility index (Phi) is 5.71. The number of rotatable bonds is 1. The van der Waals surface area contributed by atoms with Crippen molar-refractivity contribution in [3.63, 3.8) is 0 Å². The molecule has 2 rings (SSSR count). The number of fused-ring (bicyclic) bond motifs is 1. The Hall–Kier alpha value is -1.39. The van der Waals surface area contributed by atoms with Crippen molar-refractivity contribution in [3.8, 4) is 0 Å². The molecule has 0 amide bonds. The van der Waals surface area contributed by atoms with E-state index in [1.54, 1.807) is 19.1 Å². The van der Waals surface area contributed by atoms with Crippen molar-refractivity contribution in [1.29, 1.82) is 0 Å². The van der Waals surface area contributed by atoms with E-state index in [9.17, 15) is 15.0 Å². The monoisotopic (exact) mass is 334 g/mol. The molecule has 134 valence electrons. The molecule has 0 fully saturated rings. The maximum absolute atomic E-state index is 12.0. The molecule has 1 heterocycles. The first kappa shape index (κ1) is 18.9. The van der Waals surface area contributed by atoms with E-state index in [2.05, 4.69) is 6.08 Å². The number of hydrogen-bond donors (Lipinski definition) is 2. The first-order chi connectivity index (χ1) is 11.1. The number of carbonyl (C=O) groups is 1. The number of ether oxygens (including phenoxy) is 1. The fourth-order valence-corrected chi connectivity index (χ4v) is 3.14. The zero-order valence-corrected chi connectivity index (χ0v) is 15.2. The number of carbonyl (C=O) groups excluding carboxylic acids is 1. The molecule has 2 N–H and O–H groups in total. The molecule has 0 unspecified atom stereocenters. The predicted octanol–water partition coefficient (Wildman–Crippen LogP) is 3.44. The fraction of sp³-hybridized carbons (Fsp3) is 0.650. The second-order valence-corrected chi connectivity index (χ2v) is 7.77. The van der Waals surface area contributed by atoms with Crippen LogP contribution in [0.3, 0.4) is 0 Å². The lowest BCUT2D eigenvalue weighted by molar-refractivity contribution is -0.139. The van der Waals surface area contributed by atoms with Crippen LogP contribution in [-0.2, 0) is 9.53 Å². The Morgan fingerprint density at radius 2 is 1.96 bits per heavy atom. The zero-order chi connectivity index (χ0) is 18.0. The molecule has 0 radical (unpaired) electrons. The summed E-state index contributed by atoms with van der Waals surface area (Å²) < 4.78 is 5.42. The maximum Gasteiger partial charge on any atom is 0.334 e. The average Bonchev–Trinajstić information content (AvgIpc) is 2.81. The van der Waals surface area contributed by atoms with Crippen LogP contribution < -0.4 is 0 Å². The summed E-state index contributed by atoms with van der Waals surface area (Å²) in [6.45, 7) is 7.67. The third kappa shape index (κ3) is 4.81. The van der Waals surface area contributed by atoms with Gasteiger partial charge in [0.15, 0.2) is 0 Å². The number of hydrogen-bond acceptors (Lipinski definition) is 4. The highest BCUT2D eigenvalue weighted by Crippen LogP contribution is 2.31. The van der Waals surface area contributed by atoms with E-state index < -0.39 is 11.2 Å². The highest BCUT2D eigenvalue weighted by atomic mass is 16.5. The Morgan fingerprint density at radius 1 is 1.25 bits per heavy atom. The Morgan fingerprint density at radius 3 is 2.62 bits per heavy atom. The van der Waals surface area contributed by atoms with E-state index in [4.69, 9.17) is 4.74 Å². The summed E-state index contributed by atoms with van der Waals surface area (Å²) >= 11 is 0. The average molecular weight is 334 g/mol. The minimum absolute atomic E-state index is 0.0200. The number of aliphatic hydroxyl groups is 2. The van der Waals surface area contributed by atoms with Gasteiger partial charge in [0.05, 0.1) is 11.2 Å². The lowest BCUT2D eigenvalue weighted by Gasteiger charge is -2.30. The summed E-state index contributed by atoms with van der Waals surface area (Å²) in [7, 11) is 0. The summed E-state index contributed by atoms with van der Waals surface area (Å²) in [5.74, 6) is -0.293. The van der Waals surface area contributed by atoms with Crippen molar-refractivity contribution in [2.45, 2.75) is 77.1 Å². The van der Waals surface area contributed by atoms with Crippen molar-refractivity contribution in [3.05, 3.63) is 35.5 Å². The van der Waals surface area contributed by atoms with Crippen LogP contribution in [0.2, 0.25) is 0 Å². The van der Waals surface area contributed by atoms with Gasteiger partial charge in [0, 0.05) is 12.0 Å². The van der Waals surface area contributed by atoms with Crippen molar-refractivity contribution < 1.29 is 19.7 Å². The smallest absolute Gasteiger partial charge is 0.334 e. The molecule has 0 saturated carbocycles. The Bertz CT molecular complexity index is 568. The minimum Gasteiger partial charge on any atom is -0.454 e. The van der Waals surface area contributed by atoms with Gasteiger partial charge in [0.1, 0.15) is 6.10 Å². The predicted molar refractivity (Wildman–Crippen MR) is 94.4 cm³/mol. The van der Waals surface area contributed by atoms with Crippen LogP contribution in [0.25, 0.3) is 0 Å². The first-order valence-corrected chi connectivity index (χ1v) is 8.84. The number of allylic oxidation sites excluding steroid dienone is 1. The quantitative estimate of drug-likeness (QED) is 0.569. The lowest BCUT2D eigenvalue weighted by Crippen LogP contribution is -2.34. The van der Waals surface area contributed by atoms with Gasteiger partial charge in [-0.1, -0.05) is 37.6 Å². The van der Waals surface area contributed by atoms with E-state index in [-0.39, 0.29) is 18.0 Å². The molecule has 3 atom stereocenters. The molecule has 4 nitrogen and oxygen atoms in total. The third-order valence-electron chi connectivity index (χ3n) is 5.10. The normalized spacial score (nSPS) is 35.3. The zero-order valence-electron chi connectivity index (χ0n) is 15.2. The molecule has 0 aromatic heterocycles. The molecule has 4 heteroatoms. The molecular formula is C20H30O4. The molecule has 2 bridgehead atoms. The lowest BCUT2D eigenvalue weighted by atomic mass is 9.82. The van der Waals surface area contributed by atoms with Gasteiger partial charge in [-0.2, -0.15) is 0 Å². The van der Waals surface area contributed by atoms with Crippen LogP contribution in [-0.4, -0.2) is 33.5 Å². The van der Waals surface area contributed by atoms with E-state index in [0.717, 1.165) is 12.0 Å². The van der Waals surface area contributed by atoms with Crippen LogP contribution in [0.5, 0.6) is 0 Å². The van der Waals surface area contributed by atoms with Gasteiger partial charge in [0.25, 0.3) is 0 Å². The molecule has 0 aromatic rings. The summed E-state index contributed by atoms with van der Waals surface area (Å²) in [6.07, 6.45) is 10.1. The molecule has 0 spiro atoms. The van der Waals surface area contributed by atoms with Gasteiger partial charge in [-0.05, 0) is 51.5 Å². The van der Waals surface area contributed by atoms with Gasteiger partial charge in [0.2, 0.25) is 0 Å². The highest BCUT2D eigenvalue weighted by molar-refractivity contribution is 5.90. The summed E-state index contributed by atoms with van der Waals surface area (Å²) in [6, 6.07) is 0. The fourth-order valence-electron chi connectivity index (χ4n) is 3.14. The molecule has 0 aromatic carbocycles. The first-order valence-electron chi connectivity index (χ1n) is 8.84. The topological polar surface area (TPSA) is 66.8 Å². The van der Waals surface area contributed by atoms with Crippen LogP contribution in [0, 0.1) is 5.92 Å². The highest BCUT2D eigenvalue weighted by Gasteiger charge is 2.32. The van der Waals surface area contributed by atoms with Crippen LogP contribution >= 0.6 is 0 Å². The molecule has 24 heavy (non-hydrogen) atoms. The SMILES string of the molecule is CC1=CCC[C@](C)(O)C=C[C@](O)(C(C)C)CCC2=C[C@H](C1)OC2=O. The van der Waals surface area contributed by atoms with Crippen molar-refractivity contribution in [2.75, 3.05) is 0 Å². The van der Waals surface area contributed by atoms with Gasteiger partial charge >= 0.3 is 5.97 Å². The van der Waals surface area contributed by atoms with Crippen molar-refractivity contribution in [2.24, 2.45) is 5.92 Å². The van der Waals surface area contributed by atoms with Gasteiger partial charge in [-0.15, -0.1) is 0 Å². The Labute approximate surface area is 144 Å². The second-order valence-electron chi connectivity index (χ2n) is 7.77. The van der Waals surface area contributed by atoms with Crippen LogP contribution in [0.1, 0.15) is 59.8 Å². The van der Waals surface area contributed by atoms with E-state index in [1.165, 1.54) is 0 Å². The van der Waals surface area contributed by atoms with Crippen molar-refractivity contribution >= 4 is 5.97 Å². The standard InChI is InChI=1S/C20H30O4/c1-14(2)20(23)9-7-16-13-17(24-18(16)21)12-15(3)6-5-8-19(4,22)10-11-20/h6,10-11,13-14,17,22-23H,5,7-9,12H2,1-4H3/t17-,19-,20-/m0/s1. The molecule has 1 aliphatic carbocycles. The van der Waals surface area contributed by atoms with Gasteiger partial charge in [-0.3, -0.25) is 0 Å². The van der Waals surface area contributed by atoms with Crippen LogP contribution in [0.15, 0.2) is 35.5 Å². The summed E-state index contributed by atoms with van der Waals surface area (Å²) in [5.41, 5.74) is -0.224. The molecule has 0 saturated heterocycles.